The van der Waals surface area contributed by atoms with Crippen molar-refractivity contribution in [2.45, 2.75) is 37.7 Å². The number of cyclic esters (lactones) is 1. The van der Waals surface area contributed by atoms with Crippen LogP contribution in [0, 0.1) is 0 Å². The SMILES string of the molecule is O=C(OCc1ccccc1)C1COC(=O)N1C1CCN(C(=O)c2cn[nH]c2C(F)(F)F)CC1. The quantitative estimate of drug-likeness (QED) is 0.680. The Bertz CT molecular complexity index is 1020. The number of rotatable bonds is 5. The highest BCUT2D eigenvalue weighted by molar-refractivity contribution is 5.95. The number of likely N-dealkylation sites (tertiary alicyclic amines) is 1. The van der Waals surface area contributed by atoms with Gasteiger partial charge in [0.25, 0.3) is 5.91 Å². The van der Waals surface area contributed by atoms with E-state index in [1.54, 1.807) is 12.1 Å². The van der Waals surface area contributed by atoms with Crippen molar-refractivity contribution >= 4 is 18.0 Å². The lowest BCUT2D eigenvalue weighted by Gasteiger charge is -2.37. The number of nitrogens with one attached hydrogen (secondary N) is 1. The van der Waals surface area contributed by atoms with E-state index in [2.05, 4.69) is 5.10 Å². The number of H-pyrrole nitrogens is 1. The summed E-state index contributed by atoms with van der Waals surface area (Å²) in [6.07, 6.45) is -3.97. The summed E-state index contributed by atoms with van der Waals surface area (Å²) in [5, 5.41) is 5.17. The Morgan fingerprint density at radius 2 is 1.88 bits per heavy atom. The van der Waals surface area contributed by atoms with E-state index in [1.807, 2.05) is 23.3 Å². The number of carbonyl (C=O) groups excluding carboxylic acids is 3. The summed E-state index contributed by atoms with van der Waals surface area (Å²) < 4.78 is 49.6. The molecule has 2 fully saturated rings. The molecule has 2 aromatic rings. The number of nitrogens with zero attached hydrogens (tertiary/aromatic N) is 3. The van der Waals surface area contributed by atoms with Crippen LogP contribution in [0.4, 0.5) is 18.0 Å². The number of alkyl halides is 3. The van der Waals surface area contributed by atoms with E-state index in [-0.39, 0.29) is 39.1 Å². The van der Waals surface area contributed by atoms with Crippen LogP contribution in [0.25, 0.3) is 0 Å². The maximum atomic E-state index is 13.1. The first-order chi connectivity index (χ1) is 15.8. The summed E-state index contributed by atoms with van der Waals surface area (Å²) in [5.74, 6) is -1.39. The van der Waals surface area contributed by atoms with Crippen LogP contribution >= 0.6 is 0 Å². The number of benzene rings is 1. The van der Waals surface area contributed by atoms with Crippen LogP contribution in [0.1, 0.15) is 34.5 Å². The normalized spacial score (nSPS) is 19.5. The fourth-order valence-corrected chi connectivity index (χ4v) is 4.02. The van der Waals surface area contributed by atoms with Gasteiger partial charge in [0.1, 0.15) is 13.2 Å². The molecule has 4 rings (SSSR count). The average Bonchev–Trinajstić information content (AvgIpc) is 3.45. The number of piperidine rings is 1. The minimum Gasteiger partial charge on any atom is -0.459 e. The number of hydrogen-bond donors (Lipinski definition) is 1. The molecule has 1 N–H and O–H groups in total. The molecule has 2 aliphatic heterocycles. The average molecular weight is 466 g/mol. The topological polar surface area (TPSA) is 105 Å². The number of halogens is 3. The Hall–Kier alpha value is -3.57. The molecule has 33 heavy (non-hydrogen) atoms. The van der Waals surface area contributed by atoms with Gasteiger partial charge >= 0.3 is 18.2 Å². The summed E-state index contributed by atoms with van der Waals surface area (Å²) in [4.78, 5) is 40.1. The molecule has 2 saturated heterocycles. The largest absolute Gasteiger partial charge is 0.459 e. The third-order valence-corrected chi connectivity index (χ3v) is 5.71. The lowest BCUT2D eigenvalue weighted by Crippen LogP contribution is -2.52. The molecule has 2 aliphatic rings. The maximum absolute atomic E-state index is 13.1. The van der Waals surface area contributed by atoms with Crippen LogP contribution in [-0.2, 0) is 27.1 Å². The molecule has 2 amide bonds. The van der Waals surface area contributed by atoms with Gasteiger partial charge in [-0.3, -0.25) is 14.8 Å². The molecule has 1 aromatic heterocycles. The van der Waals surface area contributed by atoms with Crippen LogP contribution < -0.4 is 0 Å². The van der Waals surface area contributed by atoms with Gasteiger partial charge in [0.05, 0.1) is 11.8 Å². The summed E-state index contributed by atoms with van der Waals surface area (Å²) in [6.45, 7) is 0.135. The molecule has 3 heterocycles. The molecule has 0 spiro atoms. The number of ether oxygens (including phenoxy) is 2. The Morgan fingerprint density at radius 1 is 1.18 bits per heavy atom. The van der Waals surface area contributed by atoms with Gasteiger partial charge in [-0.2, -0.15) is 18.3 Å². The highest BCUT2D eigenvalue weighted by Crippen LogP contribution is 2.31. The van der Waals surface area contributed by atoms with Crippen molar-refractivity contribution in [3.63, 3.8) is 0 Å². The van der Waals surface area contributed by atoms with Crippen LogP contribution in [0.3, 0.4) is 0 Å². The Balaban J connectivity index is 1.37. The van der Waals surface area contributed by atoms with Gasteiger partial charge in [-0.1, -0.05) is 30.3 Å². The first-order valence-corrected chi connectivity index (χ1v) is 10.3. The molecule has 9 nitrogen and oxygen atoms in total. The van der Waals surface area contributed by atoms with Gasteiger partial charge in [-0.05, 0) is 18.4 Å². The van der Waals surface area contributed by atoms with Gasteiger partial charge in [-0.15, -0.1) is 0 Å². The number of hydrogen-bond acceptors (Lipinski definition) is 6. The highest BCUT2D eigenvalue weighted by Gasteiger charge is 2.45. The number of amides is 2. The molecule has 0 saturated carbocycles. The second-order valence-electron chi connectivity index (χ2n) is 7.77. The van der Waals surface area contributed by atoms with Crippen LogP contribution in [0.5, 0.6) is 0 Å². The van der Waals surface area contributed by atoms with Gasteiger partial charge in [0.2, 0.25) is 0 Å². The van der Waals surface area contributed by atoms with Crippen LogP contribution in [0.15, 0.2) is 36.5 Å². The van der Waals surface area contributed by atoms with E-state index in [4.69, 9.17) is 9.47 Å². The molecule has 0 radical (unpaired) electrons. The van der Waals surface area contributed by atoms with E-state index in [1.165, 1.54) is 9.80 Å². The van der Waals surface area contributed by atoms with E-state index < -0.39 is 47.5 Å². The van der Waals surface area contributed by atoms with Crippen molar-refractivity contribution in [3.05, 3.63) is 53.3 Å². The molecule has 12 heteroatoms. The van der Waals surface area contributed by atoms with E-state index in [0.29, 0.717) is 0 Å². The third kappa shape index (κ3) is 4.78. The van der Waals surface area contributed by atoms with E-state index in [9.17, 15) is 27.6 Å². The fraction of sp³-hybridized carbons (Fsp3) is 0.429. The molecular weight excluding hydrogens is 445 g/mol. The predicted octanol–water partition coefficient (Wildman–Crippen LogP) is 2.60. The van der Waals surface area contributed by atoms with Gasteiger partial charge in [0.15, 0.2) is 11.7 Å². The van der Waals surface area contributed by atoms with Crippen molar-refractivity contribution in [2.24, 2.45) is 0 Å². The lowest BCUT2D eigenvalue weighted by molar-refractivity contribution is -0.150. The minimum atomic E-state index is -4.73. The summed E-state index contributed by atoms with van der Waals surface area (Å²) in [5.41, 5.74) is -0.949. The molecule has 1 aromatic carbocycles. The first-order valence-electron chi connectivity index (χ1n) is 10.3. The van der Waals surface area contributed by atoms with Gasteiger partial charge < -0.3 is 14.4 Å². The predicted molar refractivity (Wildman–Crippen MR) is 106 cm³/mol. The lowest BCUT2D eigenvalue weighted by atomic mass is 10.0. The molecule has 1 atom stereocenters. The zero-order valence-corrected chi connectivity index (χ0v) is 17.4. The molecule has 176 valence electrons. The maximum Gasteiger partial charge on any atom is 0.433 e. The molecule has 0 aliphatic carbocycles. The molecule has 1 unspecified atom stereocenters. The number of aromatic nitrogens is 2. The van der Waals surface area contributed by atoms with Gasteiger partial charge in [-0.25, -0.2) is 9.59 Å². The Morgan fingerprint density at radius 3 is 2.55 bits per heavy atom. The van der Waals surface area contributed by atoms with Crippen LogP contribution in [0.2, 0.25) is 0 Å². The highest BCUT2D eigenvalue weighted by atomic mass is 19.4. The second kappa shape index (κ2) is 9.12. The standard InChI is InChI=1S/C21H21F3N4O5/c22-21(23,24)17-15(10-25-26-17)18(29)27-8-6-14(7-9-27)28-16(12-33-20(28)31)19(30)32-11-13-4-2-1-3-5-13/h1-5,10,14,16H,6-9,11-12H2,(H,25,26). The number of carbonyl (C=O) groups is 3. The zero-order chi connectivity index (χ0) is 23.6. The zero-order valence-electron chi connectivity index (χ0n) is 17.4. The third-order valence-electron chi connectivity index (χ3n) is 5.71. The Kier molecular flexibility index (Phi) is 6.25. The number of esters is 1. The van der Waals surface area contributed by atoms with E-state index in [0.717, 1.165) is 11.8 Å². The molecular formula is C21H21F3N4O5. The minimum absolute atomic E-state index is 0.0530. The molecule has 0 bridgehead atoms. The van der Waals surface area contributed by atoms with E-state index >= 15 is 0 Å². The summed E-state index contributed by atoms with van der Waals surface area (Å²) in [6, 6.07) is 7.74. The first kappa shape index (κ1) is 22.6. The van der Waals surface area contributed by atoms with Crippen molar-refractivity contribution in [3.8, 4) is 0 Å². The smallest absolute Gasteiger partial charge is 0.433 e. The van der Waals surface area contributed by atoms with Gasteiger partial charge in [0, 0.05) is 19.1 Å². The van der Waals surface area contributed by atoms with Crippen molar-refractivity contribution in [1.29, 1.82) is 0 Å². The summed E-state index contributed by atoms with van der Waals surface area (Å²) in [7, 11) is 0. The van der Waals surface area contributed by atoms with Crippen molar-refractivity contribution in [2.75, 3.05) is 19.7 Å². The van der Waals surface area contributed by atoms with Crippen molar-refractivity contribution in [1.82, 2.24) is 20.0 Å². The Labute approximate surface area is 186 Å². The second-order valence-corrected chi connectivity index (χ2v) is 7.77. The number of aromatic amines is 1. The fourth-order valence-electron chi connectivity index (χ4n) is 4.02. The van der Waals surface area contributed by atoms with Crippen LogP contribution in [-0.4, -0.2) is 69.7 Å². The summed E-state index contributed by atoms with van der Waals surface area (Å²) >= 11 is 0. The van der Waals surface area contributed by atoms with Crippen molar-refractivity contribution < 1.29 is 37.0 Å². The monoisotopic (exact) mass is 466 g/mol.